The number of nitriles is 1. The first-order chi connectivity index (χ1) is 6.85. The summed E-state index contributed by atoms with van der Waals surface area (Å²) >= 11 is 2.86. The van der Waals surface area contributed by atoms with E-state index in [0.29, 0.717) is 0 Å². The Hall–Kier alpha value is -1.49. The van der Waals surface area contributed by atoms with Crippen molar-refractivity contribution in [3.8, 4) is 11.8 Å². The van der Waals surface area contributed by atoms with Gasteiger partial charge in [0.25, 0.3) is 0 Å². The third-order valence-corrected chi connectivity index (χ3v) is 1.95. The fourth-order valence-electron chi connectivity index (χ4n) is 0.809. The number of rotatable bonds is 1. The Bertz CT molecular complexity index is 427. The molecule has 8 heteroatoms. The van der Waals surface area contributed by atoms with Crippen molar-refractivity contribution in [2.45, 2.75) is 6.36 Å². The van der Waals surface area contributed by atoms with E-state index in [1.54, 1.807) is 0 Å². The molecule has 0 radical (unpaired) electrons. The lowest BCUT2D eigenvalue weighted by Crippen LogP contribution is -2.19. The molecule has 0 saturated heterocycles. The number of hydrogen-bond donors (Lipinski definition) is 1. The number of hydrogen-bond acceptors (Lipinski definition) is 4. The van der Waals surface area contributed by atoms with Gasteiger partial charge in [0.1, 0.15) is 11.6 Å². The van der Waals surface area contributed by atoms with Crippen LogP contribution in [0.3, 0.4) is 0 Å². The minimum absolute atomic E-state index is 0.0819. The van der Waals surface area contributed by atoms with Gasteiger partial charge in [-0.1, -0.05) is 0 Å². The van der Waals surface area contributed by atoms with Gasteiger partial charge in [0, 0.05) is 6.20 Å². The number of nitrogen functional groups attached to an aromatic ring is 1. The average Bonchev–Trinajstić information content (AvgIpc) is 2.10. The van der Waals surface area contributed by atoms with Crippen LogP contribution in [0, 0.1) is 11.3 Å². The Morgan fingerprint density at radius 1 is 1.53 bits per heavy atom. The number of nitrogens with zero attached hydrogens (tertiary/aromatic N) is 2. The minimum atomic E-state index is -4.91. The molecule has 1 aromatic heterocycles. The number of halogens is 4. The number of nitrogens with two attached hydrogens (primary N) is 1. The van der Waals surface area contributed by atoms with Crippen molar-refractivity contribution in [3.63, 3.8) is 0 Å². The highest BCUT2D eigenvalue weighted by Gasteiger charge is 2.34. The van der Waals surface area contributed by atoms with Crippen LogP contribution in [0.4, 0.5) is 19.0 Å². The summed E-state index contributed by atoms with van der Waals surface area (Å²) in [5, 5.41) is 8.61. The van der Waals surface area contributed by atoms with Crippen molar-refractivity contribution in [1.29, 1.82) is 5.26 Å². The van der Waals surface area contributed by atoms with Gasteiger partial charge in [-0.05, 0) is 15.9 Å². The topological polar surface area (TPSA) is 71.9 Å². The normalized spacial score (nSPS) is 10.9. The van der Waals surface area contributed by atoms with Crippen molar-refractivity contribution < 1.29 is 17.9 Å². The van der Waals surface area contributed by atoms with Gasteiger partial charge in [-0.15, -0.1) is 13.2 Å². The van der Waals surface area contributed by atoms with Gasteiger partial charge in [0.2, 0.25) is 0 Å². The molecule has 0 aliphatic rings. The van der Waals surface area contributed by atoms with Crippen molar-refractivity contribution in [2.75, 3.05) is 5.73 Å². The first-order valence-corrected chi connectivity index (χ1v) is 4.24. The minimum Gasteiger partial charge on any atom is -0.400 e. The highest BCUT2D eigenvalue weighted by Crippen LogP contribution is 2.33. The van der Waals surface area contributed by atoms with E-state index >= 15 is 0 Å². The number of pyridine rings is 1. The van der Waals surface area contributed by atoms with Crippen molar-refractivity contribution in [3.05, 3.63) is 16.2 Å². The number of alkyl halides is 3. The van der Waals surface area contributed by atoms with E-state index in [2.05, 4.69) is 25.7 Å². The Morgan fingerprint density at radius 3 is 2.60 bits per heavy atom. The van der Waals surface area contributed by atoms with Crippen LogP contribution in [-0.2, 0) is 0 Å². The molecule has 4 nitrogen and oxygen atoms in total. The highest BCUT2D eigenvalue weighted by atomic mass is 79.9. The lowest BCUT2D eigenvalue weighted by Gasteiger charge is -2.12. The summed E-state index contributed by atoms with van der Waals surface area (Å²) in [6.45, 7) is 0. The maximum Gasteiger partial charge on any atom is 0.573 e. The first kappa shape index (κ1) is 11.6. The zero-order valence-electron chi connectivity index (χ0n) is 6.97. The molecule has 0 atom stereocenters. The van der Waals surface area contributed by atoms with Gasteiger partial charge in [0.15, 0.2) is 11.6 Å². The molecule has 2 N–H and O–H groups in total. The fraction of sp³-hybridized carbons (Fsp3) is 0.143. The van der Waals surface area contributed by atoms with E-state index in [9.17, 15) is 13.2 Å². The van der Waals surface area contributed by atoms with Crippen molar-refractivity contribution >= 4 is 21.7 Å². The summed E-state index contributed by atoms with van der Waals surface area (Å²) in [6.07, 6.45) is -3.79. The van der Waals surface area contributed by atoms with Gasteiger partial charge < -0.3 is 10.5 Å². The summed E-state index contributed by atoms with van der Waals surface area (Å²) in [5.41, 5.74) is 4.82. The third kappa shape index (κ3) is 2.73. The second-order valence-corrected chi connectivity index (χ2v) is 3.21. The maximum absolute atomic E-state index is 11.9. The van der Waals surface area contributed by atoms with Crippen LogP contribution in [0.2, 0.25) is 0 Å². The zero-order valence-corrected chi connectivity index (χ0v) is 8.56. The third-order valence-electron chi connectivity index (χ3n) is 1.35. The number of anilines is 1. The molecule has 1 aromatic rings. The lowest BCUT2D eigenvalue weighted by atomic mass is 10.2. The zero-order chi connectivity index (χ0) is 11.6. The van der Waals surface area contributed by atoms with E-state index in [-0.39, 0.29) is 10.0 Å². The van der Waals surface area contributed by atoms with Crippen LogP contribution in [-0.4, -0.2) is 11.3 Å². The van der Waals surface area contributed by atoms with Gasteiger partial charge in [-0.3, -0.25) is 0 Å². The summed E-state index contributed by atoms with van der Waals surface area (Å²) in [7, 11) is 0. The van der Waals surface area contributed by atoms with Crippen molar-refractivity contribution in [1.82, 2.24) is 4.98 Å². The van der Waals surface area contributed by atoms with Crippen LogP contribution in [0.1, 0.15) is 5.56 Å². The van der Waals surface area contributed by atoms with Crippen LogP contribution >= 0.6 is 15.9 Å². The highest BCUT2D eigenvalue weighted by molar-refractivity contribution is 9.10. The molecule has 0 unspecified atom stereocenters. The van der Waals surface area contributed by atoms with Crippen LogP contribution in [0.5, 0.6) is 5.75 Å². The average molecular weight is 282 g/mol. The van der Waals surface area contributed by atoms with Gasteiger partial charge in [0.05, 0.1) is 4.47 Å². The van der Waals surface area contributed by atoms with E-state index < -0.39 is 17.9 Å². The Labute approximate surface area is 90.6 Å². The summed E-state index contributed by atoms with van der Waals surface area (Å²) in [6, 6.07) is 1.54. The summed E-state index contributed by atoms with van der Waals surface area (Å²) in [5.74, 6) is -1.29. The van der Waals surface area contributed by atoms with Crippen molar-refractivity contribution in [2.24, 2.45) is 0 Å². The molecule has 1 rings (SSSR count). The van der Waals surface area contributed by atoms with Crippen LogP contribution < -0.4 is 10.5 Å². The second-order valence-electron chi connectivity index (χ2n) is 2.36. The molecule has 0 bridgehead atoms. The molecule has 0 saturated carbocycles. The Balaban J connectivity index is 3.28. The number of ether oxygens (including phenoxy) is 1. The van der Waals surface area contributed by atoms with Gasteiger partial charge in [-0.2, -0.15) is 5.26 Å². The number of aromatic nitrogens is 1. The quantitative estimate of drug-likeness (QED) is 0.857. The standard InChI is InChI=1S/C7H3BrF3N3O/c8-4-2-14-6(13)5(3(4)1-12)15-7(9,10)11/h2H,(H2,13,14). The van der Waals surface area contributed by atoms with E-state index in [1.165, 1.54) is 6.07 Å². The van der Waals surface area contributed by atoms with Crippen LogP contribution in [0.25, 0.3) is 0 Å². The summed E-state index contributed by atoms with van der Waals surface area (Å²) in [4.78, 5) is 3.43. The monoisotopic (exact) mass is 281 g/mol. The molecule has 0 fully saturated rings. The van der Waals surface area contributed by atoms with Gasteiger partial charge >= 0.3 is 6.36 Å². The molecule has 0 aromatic carbocycles. The first-order valence-electron chi connectivity index (χ1n) is 3.45. The SMILES string of the molecule is N#Cc1c(Br)cnc(N)c1OC(F)(F)F. The lowest BCUT2D eigenvalue weighted by molar-refractivity contribution is -0.274. The fourth-order valence-corrected chi connectivity index (χ4v) is 1.18. The summed E-state index contributed by atoms with van der Waals surface area (Å²) < 4.78 is 39.5. The smallest absolute Gasteiger partial charge is 0.400 e. The molecule has 0 aliphatic heterocycles. The molecular weight excluding hydrogens is 279 g/mol. The maximum atomic E-state index is 11.9. The predicted octanol–water partition coefficient (Wildman–Crippen LogP) is 2.20. The van der Waals surface area contributed by atoms with Crippen LogP contribution in [0.15, 0.2) is 10.7 Å². The molecule has 0 aliphatic carbocycles. The van der Waals surface area contributed by atoms with E-state index in [4.69, 9.17) is 11.0 Å². The molecule has 0 spiro atoms. The molecule has 80 valence electrons. The molecule has 0 amide bonds. The van der Waals surface area contributed by atoms with E-state index in [1.807, 2.05) is 0 Å². The molecular formula is C7H3BrF3N3O. The second kappa shape index (κ2) is 3.94. The molecule has 1 heterocycles. The molecule has 15 heavy (non-hydrogen) atoms. The predicted molar refractivity (Wildman–Crippen MR) is 47.7 cm³/mol. The largest absolute Gasteiger partial charge is 0.573 e. The van der Waals surface area contributed by atoms with E-state index in [0.717, 1.165) is 6.20 Å². The van der Waals surface area contributed by atoms with Gasteiger partial charge in [-0.25, -0.2) is 4.98 Å². The Kier molecular flexibility index (Phi) is 3.04. The Morgan fingerprint density at radius 2 is 2.13 bits per heavy atom.